The first-order valence-electron chi connectivity index (χ1n) is 3.58. The van der Waals surface area contributed by atoms with E-state index in [1.54, 1.807) is 0 Å². The Balaban J connectivity index is 2.71. The Labute approximate surface area is 83.0 Å². The maximum absolute atomic E-state index is 5.72. The quantitative estimate of drug-likeness (QED) is 0.712. The van der Waals surface area contributed by atoms with Gasteiger partial charge in [-0.05, 0) is 31.2 Å². The molecule has 0 aliphatic carbocycles. The molecule has 0 unspecified atom stereocenters. The van der Waals surface area contributed by atoms with Gasteiger partial charge >= 0.3 is 0 Å². The first-order chi connectivity index (χ1) is 5.74. The topological polar surface area (TPSA) is 9.23 Å². The third-order valence-corrected chi connectivity index (χ3v) is 3.20. The summed E-state index contributed by atoms with van der Waals surface area (Å²) < 4.78 is 5.26. The Morgan fingerprint density at radius 2 is 1.83 bits per heavy atom. The zero-order valence-electron chi connectivity index (χ0n) is 6.63. The number of halogens is 2. The minimum atomic E-state index is -1.03. The summed E-state index contributed by atoms with van der Waals surface area (Å²) in [5.41, 5.74) is 0. The molecule has 0 N–H and O–H groups in total. The lowest BCUT2D eigenvalue weighted by atomic mass is 10.3. The summed E-state index contributed by atoms with van der Waals surface area (Å²) in [6.45, 7) is 1.60. The largest absolute Gasteiger partial charge is 0.494 e. The Kier molecular flexibility index (Phi) is 4.14. The van der Waals surface area contributed by atoms with Gasteiger partial charge in [-0.1, -0.05) is 22.5 Å². The molecular weight excluding hydrogens is 214 g/mol. The molecule has 4 heteroatoms. The van der Waals surface area contributed by atoms with E-state index >= 15 is 0 Å². The fourth-order valence-corrected chi connectivity index (χ4v) is 1.87. The molecule has 12 heavy (non-hydrogen) atoms. The smallest absolute Gasteiger partial charge is 0.119 e. The standard InChI is InChI=1S/C8H9Cl2OP/c1-2-11-7-3-5-8(6-4-7)12(9)10/h3-6H,2H2,1H3. The van der Waals surface area contributed by atoms with E-state index in [1.807, 2.05) is 31.2 Å². The molecule has 0 saturated heterocycles. The van der Waals surface area contributed by atoms with Gasteiger partial charge in [-0.15, -0.1) is 0 Å². The molecule has 0 atom stereocenters. The van der Waals surface area contributed by atoms with Crippen molar-refractivity contribution < 1.29 is 4.74 Å². The number of hydrogen-bond acceptors (Lipinski definition) is 1. The van der Waals surface area contributed by atoms with Crippen LogP contribution in [0.3, 0.4) is 0 Å². The van der Waals surface area contributed by atoms with Gasteiger partial charge in [-0.2, -0.15) is 0 Å². The van der Waals surface area contributed by atoms with Gasteiger partial charge in [0.25, 0.3) is 0 Å². The Bertz CT molecular complexity index is 235. The van der Waals surface area contributed by atoms with E-state index in [1.165, 1.54) is 0 Å². The second-order valence-corrected chi connectivity index (χ2v) is 5.69. The van der Waals surface area contributed by atoms with Crippen molar-refractivity contribution in [2.24, 2.45) is 0 Å². The van der Waals surface area contributed by atoms with E-state index in [-0.39, 0.29) is 0 Å². The molecule has 0 radical (unpaired) electrons. The second-order valence-electron chi connectivity index (χ2n) is 2.16. The van der Waals surface area contributed by atoms with Crippen molar-refractivity contribution in [2.75, 3.05) is 6.61 Å². The van der Waals surface area contributed by atoms with Crippen LogP contribution in [-0.2, 0) is 0 Å². The normalized spacial score (nSPS) is 10.3. The van der Waals surface area contributed by atoms with Crippen molar-refractivity contribution in [3.8, 4) is 5.75 Å². The highest BCUT2D eigenvalue weighted by atomic mass is 35.9. The van der Waals surface area contributed by atoms with E-state index in [4.69, 9.17) is 27.2 Å². The zero-order valence-corrected chi connectivity index (χ0v) is 9.03. The van der Waals surface area contributed by atoms with E-state index in [0.717, 1.165) is 11.1 Å². The Hall–Kier alpha value is 0.0300. The highest BCUT2D eigenvalue weighted by Gasteiger charge is 2.02. The minimum Gasteiger partial charge on any atom is -0.494 e. The number of ether oxygens (including phenoxy) is 1. The summed E-state index contributed by atoms with van der Waals surface area (Å²) in [4.78, 5) is 0. The molecule has 1 aromatic rings. The first-order valence-corrected chi connectivity index (χ1v) is 6.73. The molecule has 1 nitrogen and oxygen atoms in total. The number of hydrogen-bond donors (Lipinski definition) is 0. The second kappa shape index (κ2) is 4.91. The molecular formula is C8H9Cl2OP. The van der Waals surface area contributed by atoms with Gasteiger partial charge in [0.15, 0.2) is 0 Å². The summed E-state index contributed by atoms with van der Waals surface area (Å²) in [5.74, 6) is 0.853. The highest BCUT2D eigenvalue weighted by Crippen LogP contribution is 2.45. The van der Waals surface area contributed by atoms with Crippen LogP contribution in [0.4, 0.5) is 0 Å². The summed E-state index contributed by atoms with van der Waals surface area (Å²) in [6.07, 6.45) is 0. The molecule has 0 bridgehead atoms. The van der Waals surface area contributed by atoms with Crippen LogP contribution in [0.1, 0.15) is 6.92 Å². The average Bonchev–Trinajstić information content (AvgIpc) is 2.06. The predicted molar refractivity (Wildman–Crippen MR) is 55.9 cm³/mol. The monoisotopic (exact) mass is 222 g/mol. The van der Waals surface area contributed by atoms with Crippen molar-refractivity contribution in [3.63, 3.8) is 0 Å². The summed E-state index contributed by atoms with van der Waals surface area (Å²) in [6, 6.07) is 7.52. The fraction of sp³-hybridized carbons (Fsp3) is 0.250. The summed E-state index contributed by atoms with van der Waals surface area (Å²) in [5, 5.41) is 0.955. The van der Waals surface area contributed by atoms with Gasteiger partial charge < -0.3 is 4.74 Å². The lowest BCUT2D eigenvalue weighted by Crippen LogP contribution is -1.96. The van der Waals surface area contributed by atoms with Crippen LogP contribution < -0.4 is 10.0 Å². The molecule has 1 aromatic carbocycles. The molecule has 1 rings (SSSR count). The maximum atomic E-state index is 5.72. The van der Waals surface area contributed by atoms with Crippen LogP contribution in [0.2, 0.25) is 0 Å². The lowest BCUT2D eigenvalue weighted by Gasteiger charge is -2.04. The van der Waals surface area contributed by atoms with Crippen molar-refractivity contribution in [1.29, 1.82) is 0 Å². The molecule has 0 aliphatic rings. The third kappa shape index (κ3) is 2.82. The van der Waals surface area contributed by atoms with Crippen LogP contribution in [-0.4, -0.2) is 6.61 Å². The van der Waals surface area contributed by atoms with Gasteiger partial charge in [-0.25, -0.2) is 0 Å². The van der Waals surface area contributed by atoms with Crippen molar-refractivity contribution in [3.05, 3.63) is 24.3 Å². The average molecular weight is 223 g/mol. The molecule has 0 heterocycles. The van der Waals surface area contributed by atoms with Crippen LogP contribution in [0.25, 0.3) is 0 Å². The van der Waals surface area contributed by atoms with Gasteiger partial charge in [0.2, 0.25) is 0 Å². The van der Waals surface area contributed by atoms with E-state index in [0.29, 0.717) is 6.61 Å². The molecule has 66 valence electrons. The van der Waals surface area contributed by atoms with E-state index < -0.39 is 6.63 Å². The molecule has 0 spiro atoms. The SMILES string of the molecule is CCOc1ccc(P(Cl)Cl)cc1. The van der Waals surface area contributed by atoms with Crippen LogP contribution >= 0.6 is 29.1 Å². The lowest BCUT2D eigenvalue weighted by molar-refractivity contribution is 0.340. The van der Waals surface area contributed by atoms with Crippen molar-refractivity contribution >= 4 is 34.4 Å². The van der Waals surface area contributed by atoms with E-state index in [2.05, 4.69) is 0 Å². The maximum Gasteiger partial charge on any atom is 0.119 e. The number of rotatable bonds is 3. The van der Waals surface area contributed by atoms with Gasteiger partial charge in [0.05, 0.1) is 6.61 Å². The summed E-state index contributed by atoms with van der Waals surface area (Å²) in [7, 11) is 0. The summed E-state index contributed by atoms with van der Waals surface area (Å²) >= 11 is 11.4. The first kappa shape index (κ1) is 10.1. The van der Waals surface area contributed by atoms with Gasteiger partial charge in [-0.3, -0.25) is 0 Å². The van der Waals surface area contributed by atoms with E-state index in [9.17, 15) is 0 Å². The fourth-order valence-electron chi connectivity index (χ4n) is 0.822. The van der Waals surface area contributed by atoms with Crippen molar-refractivity contribution in [2.45, 2.75) is 6.92 Å². The van der Waals surface area contributed by atoms with Crippen molar-refractivity contribution in [1.82, 2.24) is 0 Å². The minimum absolute atomic E-state index is 0.676. The molecule has 0 aromatic heterocycles. The van der Waals surface area contributed by atoms with Gasteiger partial charge in [0, 0.05) is 5.30 Å². The van der Waals surface area contributed by atoms with Crippen LogP contribution in [0.15, 0.2) is 24.3 Å². The molecule has 0 aliphatic heterocycles. The molecule has 0 fully saturated rings. The van der Waals surface area contributed by atoms with Crippen LogP contribution in [0.5, 0.6) is 5.75 Å². The molecule has 0 saturated carbocycles. The third-order valence-electron chi connectivity index (χ3n) is 1.34. The Morgan fingerprint density at radius 3 is 2.25 bits per heavy atom. The number of benzene rings is 1. The zero-order chi connectivity index (χ0) is 8.97. The predicted octanol–water partition coefficient (Wildman–Crippen LogP) is 3.50. The molecule has 0 amide bonds. The highest BCUT2D eigenvalue weighted by molar-refractivity contribution is 8.08. The van der Waals surface area contributed by atoms with Gasteiger partial charge in [0.1, 0.15) is 12.4 Å². The Morgan fingerprint density at radius 1 is 1.25 bits per heavy atom. The van der Waals surface area contributed by atoms with Crippen LogP contribution in [0, 0.1) is 0 Å².